The van der Waals surface area contributed by atoms with E-state index in [0.717, 1.165) is 0 Å². The lowest BCUT2D eigenvalue weighted by Crippen LogP contribution is -1.99. The minimum Gasteiger partial charge on any atom is -0.478 e. The number of benzene rings is 2. The van der Waals surface area contributed by atoms with Gasteiger partial charge in [0.1, 0.15) is 5.69 Å². The summed E-state index contributed by atoms with van der Waals surface area (Å²) in [6, 6.07) is 12.2. The maximum Gasteiger partial charge on any atom is 0.335 e. The summed E-state index contributed by atoms with van der Waals surface area (Å²) in [7, 11) is 0. The summed E-state index contributed by atoms with van der Waals surface area (Å²) in [5.74, 6) is -1.05. The van der Waals surface area contributed by atoms with Gasteiger partial charge in [0.2, 0.25) is 0 Å². The van der Waals surface area contributed by atoms with Crippen LogP contribution in [0.2, 0.25) is 0 Å². The monoisotopic (exact) mass is 258 g/mol. The molecule has 0 bridgehead atoms. The third-order valence-electron chi connectivity index (χ3n) is 2.49. The highest BCUT2D eigenvalue weighted by Gasteiger charge is 2.12. The Balaban J connectivity index is 2.34. The summed E-state index contributed by atoms with van der Waals surface area (Å²) in [5.41, 5.74) is 0.844. The minimum absolute atomic E-state index is 0.0665. The van der Waals surface area contributed by atoms with Crippen LogP contribution in [0.3, 0.4) is 0 Å². The zero-order valence-electron chi connectivity index (χ0n) is 9.74. The Labute approximate surface area is 108 Å². The molecule has 0 aliphatic carbocycles. The van der Waals surface area contributed by atoms with Gasteiger partial charge in [-0.2, -0.15) is 0 Å². The summed E-state index contributed by atoms with van der Waals surface area (Å²) < 4.78 is 0. The van der Waals surface area contributed by atoms with Gasteiger partial charge < -0.3 is 10.4 Å². The molecule has 0 amide bonds. The smallest absolute Gasteiger partial charge is 0.335 e. The molecule has 0 aliphatic rings. The summed E-state index contributed by atoms with van der Waals surface area (Å²) in [6.07, 6.45) is 0. The molecule has 0 atom stereocenters. The number of hydrogen-bond donors (Lipinski definition) is 2. The van der Waals surface area contributed by atoms with Gasteiger partial charge in [-0.25, -0.2) is 4.79 Å². The van der Waals surface area contributed by atoms with Crippen LogP contribution in [-0.2, 0) is 0 Å². The molecule has 0 spiro atoms. The first kappa shape index (κ1) is 12.6. The van der Waals surface area contributed by atoms with Crippen LogP contribution in [-0.4, -0.2) is 16.0 Å². The molecule has 0 heterocycles. The number of nitro groups is 1. The van der Waals surface area contributed by atoms with Crippen LogP contribution in [0.4, 0.5) is 17.1 Å². The van der Waals surface area contributed by atoms with Crippen molar-refractivity contribution < 1.29 is 14.8 Å². The van der Waals surface area contributed by atoms with Crippen molar-refractivity contribution in [2.75, 3.05) is 5.32 Å². The second-order valence-electron chi connectivity index (χ2n) is 3.79. The van der Waals surface area contributed by atoms with Gasteiger partial charge >= 0.3 is 5.97 Å². The van der Waals surface area contributed by atoms with E-state index < -0.39 is 10.9 Å². The summed E-state index contributed by atoms with van der Waals surface area (Å²) >= 11 is 0. The quantitative estimate of drug-likeness (QED) is 0.649. The van der Waals surface area contributed by atoms with E-state index in [-0.39, 0.29) is 11.3 Å². The Kier molecular flexibility index (Phi) is 3.42. The number of rotatable bonds is 4. The van der Waals surface area contributed by atoms with Crippen molar-refractivity contribution in [3.8, 4) is 0 Å². The fraction of sp³-hybridized carbons (Fsp3) is 0. The maximum absolute atomic E-state index is 10.9. The van der Waals surface area contributed by atoms with E-state index in [1.807, 2.05) is 0 Å². The van der Waals surface area contributed by atoms with Crippen LogP contribution in [0, 0.1) is 10.1 Å². The topological polar surface area (TPSA) is 92.5 Å². The first-order valence-electron chi connectivity index (χ1n) is 5.42. The lowest BCUT2D eigenvalue weighted by molar-refractivity contribution is -0.383. The zero-order chi connectivity index (χ0) is 13.8. The standard InChI is InChI=1S/C13H10N2O4/c16-13(17)9-4-3-5-10(8-9)14-11-6-1-2-7-12(11)15(18)19/h1-8,14H,(H,16,17). The predicted octanol–water partition coefficient (Wildman–Crippen LogP) is 3.04. The van der Waals surface area contributed by atoms with Crippen molar-refractivity contribution in [1.29, 1.82) is 0 Å². The van der Waals surface area contributed by atoms with E-state index in [4.69, 9.17) is 5.11 Å². The van der Waals surface area contributed by atoms with Gasteiger partial charge in [-0.3, -0.25) is 10.1 Å². The number of anilines is 2. The van der Waals surface area contributed by atoms with E-state index in [1.54, 1.807) is 30.3 Å². The molecule has 6 nitrogen and oxygen atoms in total. The van der Waals surface area contributed by atoms with Crippen LogP contribution in [0.25, 0.3) is 0 Å². The second kappa shape index (κ2) is 5.18. The van der Waals surface area contributed by atoms with E-state index >= 15 is 0 Å². The molecule has 6 heteroatoms. The number of aromatic carboxylic acids is 1. The summed E-state index contributed by atoms with van der Waals surface area (Å²) in [5, 5.41) is 22.6. The largest absolute Gasteiger partial charge is 0.478 e. The number of carboxylic acids is 1. The van der Waals surface area contributed by atoms with Gasteiger partial charge in [0.25, 0.3) is 5.69 Å². The van der Waals surface area contributed by atoms with Crippen LogP contribution in [0.15, 0.2) is 48.5 Å². The second-order valence-corrected chi connectivity index (χ2v) is 3.79. The van der Waals surface area contributed by atoms with Crippen LogP contribution >= 0.6 is 0 Å². The number of hydrogen-bond acceptors (Lipinski definition) is 4. The summed E-state index contributed by atoms with van der Waals surface area (Å²) in [6.45, 7) is 0. The van der Waals surface area contributed by atoms with Crippen molar-refractivity contribution in [3.05, 3.63) is 64.2 Å². The average Bonchev–Trinajstić information content (AvgIpc) is 2.39. The molecule has 96 valence electrons. The van der Waals surface area contributed by atoms with Crippen molar-refractivity contribution in [2.24, 2.45) is 0 Å². The zero-order valence-corrected chi connectivity index (χ0v) is 9.74. The number of carbonyl (C=O) groups is 1. The Hall–Kier alpha value is -2.89. The van der Waals surface area contributed by atoms with Gasteiger partial charge in [0.05, 0.1) is 10.5 Å². The minimum atomic E-state index is -1.05. The van der Waals surface area contributed by atoms with Gasteiger partial charge in [-0.1, -0.05) is 18.2 Å². The predicted molar refractivity (Wildman–Crippen MR) is 69.8 cm³/mol. The normalized spacial score (nSPS) is 9.89. The molecule has 2 aromatic carbocycles. The highest BCUT2D eigenvalue weighted by Crippen LogP contribution is 2.27. The Morgan fingerprint density at radius 1 is 1.16 bits per heavy atom. The van der Waals surface area contributed by atoms with E-state index in [2.05, 4.69) is 5.32 Å². The van der Waals surface area contributed by atoms with Gasteiger partial charge in [0, 0.05) is 11.8 Å². The fourth-order valence-electron chi connectivity index (χ4n) is 1.62. The molecule has 0 saturated carbocycles. The Morgan fingerprint density at radius 3 is 2.58 bits per heavy atom. The van der Waals surface area contributed by atoms with E-state index in [0.29, 0.717) is 11.4 Å². The van der Waals surface area contributed by atoms with Gasteiger partial charge in [0.15, 0.2) is 0 Å². The molecule has 2 aromatic rings. The van der Waals surface area contributed by atoms with E-state index in [1.165, 1.54) is 18.2 Å². The number of para-hydroxylation sites is 2. The first-order chi connectivity index (χ1) is 9.08. The van der Waals surface area contributed by atoms with Crippen LogP contribution in [0.5, 0.6) is 0 Å². The lowest BCUT2D eigenvalue weighted by Gasteiger charge is -2.07. The SMILES string of the molecule is O=C(O)c1cccc(Nc2ccccc2[N+](=O)[O-])c1. The number of nitro benzene ring substituents is 1. The summed E-state index contributed by atoms with van der Waals surface area (Å²) in [4.78, 5) is 21.2. The molecular formula is C13H10N2O4. The third kappa shape index (κ3) is 2.86. The van der Waals surface area contributed by atoms with E-state index in [9.17, 15) is 14.9 Å². The Bertz CT molecular complexity index is 640. The number of nitrogens with one attached hydrogen (secondary N) is 1. The van der Waals surface area contributed by atoms with Crippen molar-refractivity contribution >= 4 is 23.0 Å². The molecule has 0 aliphatic heterocycles. The molecule has 0 radical (unpaired) electrons. The van der Waals surface area contributed by atoms with Crippen molar-refractivity contribution in [1.82, 2.24) is 0 Å². The van der Waals surface area contributed by atoms with Gasteiger partial charge in [-0.05, 0) is 24.3 Å². The molecule has 19 heavy (non-hydrogen) atoms. The fourth-order valence-corrected chi connectivity index (χ4v) is 1.62. The number of nitrogens with zero attached hydrogens (tertiary/aromatic N) is 1. The van der Waals surface area contributed by atoms with Crippen LogP contribution < -0.4 is 5.32 Å². The molecular weight excluding hydrogens is 248 g/mol. The molecule has 2 N–H and O–H groups in total. The van der Waals surface area contributed by atoms with Crippen molar-refractivity contribution in [3.63, 3.8) is 0 Å². The maximum atomic E-state index is 10.9. The van der Waals surface area contributed by atoms with Crippen molar-refractivity contribution in [2.45, 2.75) is 0 Å². The average molecular weight is 258 g/mol. The molecule has 0 unspecified atom stereocenters. The first-order valence-corrected chi connectivity index (χ1v) is 5.42. The molecule has 0 saturated heterocycles. The Morgan fingerprint density at radius 2 is 1.89 bits per heavy atom. The molecule has 0 aromatic heterocycles. The molecule has 0 fully saturated rings. The highest BCUT2D eigenvalue weighted by atomic mass is 16.6. The third-order valence-corrected chi connectivity index (χ3v) is 2.49. The molecule has 2 rings (SSSR count). The van der Waals surface area contributed by atoms with Crippen LogP contribution in [0.1, 0.15) is 10.4 Å². The highest BCUT2D eigenvalue weighted by molar-refractivity contribution is 5.89. The lowest BCUT2D eigenvalue weighted by atomic mass is 10.2. The van der Waals surface area contributed by atoms with Gasteiger partial charge in [-0.15, -0.1) is 0 Å². The number of carboxylic acid groups (broad SMARTS) is 1.